The molecule has 0 spiro atoms. The van der Waals surface area contributed by atoms with Crippen molar-refractivity contribution in [1.29, 1.82) is 0 Å². The molecular formula is C35H39N3O4S. The van der Waals surface area contributed by atoms with Crippen LogP contribution in [-0.2, 0) is 32.6 Å². The number of anilines is 1. The number of hydrogen-bond donors (Lipinski definition) is 1. The molecule has 0 radical (unpaired) electrons. The Morgan fingerprint density at radius 2 is 1.40 bits per heavy atom. The van der Waals surface area contributed by atoms with Crippen LogP contribution in [0.5, 0.6) is 0 Å². The Morgan fingerprint density at radius 3 is 2.00 bits per heavy atom. The first-order valence-corrected chi connectivity index (χ1v) is 15.9. The number of amides is 2. The molecule has 0 saturated carbocycles. The highest BCUT2D eigenvalue weighted by Crippen LogP contribution is 2.27. The molecule has 0 aliphatic rings. The molecule has 2 amide bonds. The Morgan fingerprint density at radius 1 is 0.767 bits per heavy atom. The predicted octanol–water partition coefficient (Wildman–Crippen LogP) is 5.58. The van der Waals surface area contributed by atoms with Crippen LogP contribution in [0.15, 0.2) is 108 Å². The highest BCUT2D eigenvalue weighted by molar-refractivity contribution is 7.92. The summed E-state index contributed by atoms with van der Waals surface area (Å²) in [5, 5.41) is 2.89. The third-order valence-electron chi connectivity index (χ3n) is 7.48. The minimum absolute atomic E-state index is 0.0793. The maximum Gasteiger partial charge on any atom is 0.264 e. The molecule has 0 heterocycles. The topological polar surface area (TPSA) is 86.8 Å². The first-order valence-electron chi connectivity index (χ1n) is 14.4. The summed E-state index contributed by atoms with van der Waals surface area (Å²) in [6, 6.07) is 29.8. The van der Waals surface area contributed by atoms with Gasteiger partial charge in [0.1, 0.15) is 12.6 Å². The molecule has 4 rings (SSSR count). The third-order valence-corrected chi connectivity index (χ3v) is 9.27. The summed E-state index contributed by atoms with van der Waals surface area (Å²) in [4.78, 5) is 29.6. The van der Waals surface area contributed by atoms with Gasteiger partial charge in [0, 0.05) is 19.5 Å². The van der Waals surface area contributed by atoms with Crippen LogP contribution >= 0.6 is 0 Å². The molecule has 0 bridgehead atoms. The van der Waals surface area contributed by atoms with Gasteiger partial charge in [-0.3, -0.25) is 13.9 Å². The number of nitrogens with one attached hydrogen (secondary N) is 1. The average Bonchev–Trinajstić information content (AvgIpc) is 3.01. The molecule has 1 unspecified atom stereocenters. The summed E-state index contributed by atoms with van der Waals surface area (Å²) in [7, 11) is -4.12. The Balaban J connectivity index is 1.80. The van der Waals surface area contributed by atoms with Crippen LogP contribution in [0.4, 0.5) is 5.69 Å². The van der Waals surface area contributed by atoms with Gasteiger partial charge >= 0.3 is 0 Å². The summed E-state index contributed by atoms with van der Waals surface area (Å²) in [5.41, 5.74) is 5.09. The van der Waals surface area contributed by atoms with Crippen LogP contribution in [0, 0.1) is 20.8 Å². The summed E-state index contributed by atoms with van der Waals surface area (Å²) in [6.45, 7) is 7.73. The summed E-state index contributed by atoms with van der Waals surface area (Å²) >= 11 is 0. The smallest absolute Gasteiger partial charge is 0.264 e. The fraction of sp³-hybridized carbons (Fsp3) is 0.257. The number of rotatable bonds is 12. The maximum absolute atomic E-state index is 14.4. The van der Waals surface area contributed by atoms with E-state index in [1.165, 1.54) is 17.0 Å². The zero-order chi connectivity index (χ0) is 31.0. The number of likely N-dealkylation sites (N-methyl/N-ethyl adjacent to an activating group) is 1. The van der Waals surface area contributed by atoms with Gasteiger partial charge < -0.3 is 10.2 Å². The Kier molecular flexibility index (Phi) is 10.4. The van der Waals surface area contributed by atoms with Gasteiger partial charge in [0.2, 0.25) is 11.8 Å². The van der Waals surface area contributed by atoms with E-state index in [2.05, 4.69) is 5.32 Å². The second kappa shape index (κ2) is 14.2. The summed E-state index contributed by atoms with van der Waals surface area (Å²) in [6.07, 6.45) is 0.277. The van der Waals surface area contributed by atoms with E-state index in [-0.39, 0.29) is 23.8 Å². The van der Waals surface area contributed by atoms with Crippen molar-refractivity contribution in [2.45, 2.75) is 51.6 Å². The molecule has 43 heavy (non-hydrogen) atoms. The molecule has 0 fully saturated rings. The SMILES string of the molecule is CCNC(=O)C(Cc1ccccc1)N(Cc1ccc(C)cc1)C(=O)CN(c1ccc(C)c(C)c1)S(=O)(=O)c1ccccc1. The van der Waals surface area contributed by atoms with Crippen LogP contribution < -0.4 is 9.62 Å². The second-order valence-corrected chi connectivity index (χ2v) is 12.6. The lowest BCUT2D eigenvalue weighted by atomic mass is 10.0. The van der Waals surface area contributed by atoms with Gasteiger partial charge in [0.25, 0.3) is 10.0 Å². The maximum atomic E-state index is 14.4. The van der Waals surface area contributed by atoms with Crippen molar-refractivity contribution in [3.63, 3.8) is 0 Å². The second-order valence-electron chi connectivity index (χ2n) is 10.7. The lowest BCUT2D eigenvalue weighted by Gasteiger charge is -2.34. The van der Waals surface area contributed by atoms with Crippen molar-refractivity contribution >= 4 is 27.5 Å². The van der Waals surface area contributed by atoms with Crippen molar-refractivity contribution in [2.75, 3.05) is 17.4 Å². The Bertz CT molecular complexity index is 1640. The Labute approximate surface area is 255 Å². The first-order chi connectivity index (χ1) is 20.6. The highest BCUT2D eigenvalue weighted by Gasteiger charge is 2.34. The number of benzene rings is 4. The van der Waals surface area contributed by atoms with Gasteiger partial charge in [-0.15, -0.1) is 0 Å². The molecule has 1 N–H and O–H groups in total. The summed E-state index contributed by atoms with van der Waals surface area (Å²) < 4.78 is 29.3. The number of carbonyl (C=O) groups is 2. The van der Waals surface area contributed by atoms with Crippen molar-refractivity contribution in [3.8, 4) is 0 Å². The molecule has 7 nitrogen and oxygen atoms in total. The molecule has 0 aliphatic carbocycles. The molecule has 8 heteroatoms. The molecule has 4 aromatic rings. The molecule has 224 valence electrons. The average molecular weight is 598 g/mol. The van der Waals surface area contributed by atoms with Gasteiger partial charge in [-0.1, -0.05) is 84.4 Å². The zero-order valence-electron chi connectivity index (χ0n) is 25.2. The minimum atomic E-state index is -4.12. The fourth-order valence-electron chi connectivity index (χ4n) is 4.87. The normalized spacial score (nSPS) is 11.9. The number of hydrogen-bond acceptors (Lipinski definition) is 4. The van der Waals surface area contributed by atoms with Crippen LogP contribution in [0.3, 0.4) is 0 Å². The van der Waals surface area contributed by atoms with Crippen molar-refractivity contribution in [3.05, 3.63) is 131 Å². The Hall–Kier alpha value is -4.43. The monoisotopic (exact) mass is 597 g/mol. The highest BCUT2D eigenvalue weighted by atomic mass is 32.2. The van der Waals surface area contributed by atoms with E-state index in [1.54, 1.807) is 30.3 Å². The molecule has 0 aliphatic heterocycles. The lowest BCUT2D eigenvalue weighted by molar-refractivity contribution is -0.140. The van der Waals surface area contributed by atoms with E-state index in [1.807, 2.05) is 88.4 Å². The van der Waals surface area contributed by atoms with Gasteiger partial charge in [-0.25, -0.2) is 8.42 Å². The van der Waals surface area contributed by atoms with Crippen LogP contribution in [-0.4, -0.2) is 44.3 Å². The molecule has 1 atom stereocenters. The van der Waals surface area contributed by atoms with Gasteiger partial charge in [-0.2, -0.15) is 0 Å². The van der Waals surface area contributed by atoms with Crippen molar-refractivity contribution in [1.82, 2.24) is 10.2 Å². The lowest BCUT2D eigenvalue weighted by Crippen LogP contribution is -2.53. The first kappa shape index (κ1) is 31.5. The quantitative estimate of drug-likeness (QED) is 0.231. The number of carbonyl (C=O) groups excluding carboxylic acids is 2. The van der Waals surface area contributed by atoms with E-state index in [0.29, 0.717) is 12.2 Å². The van der Waals surface area contributed by atoms with Crippen LogP contribution in [0.2, 0.25) is 0 Å². The van der Waals surface area contributed by atoms with Gasteiger partial charge in [0.15, 0.2) is 0 Å². The van der Waals surface area contributed by atoms with Crippen molar-refractivity contribution in [2.24, 2.45) is 0 Å². The number of nitrogens with zero attached hydrogens (tertiary/aromatic N) is 2. The number of aryl methyl sites for hydroxylation is 3. The zero-order valence-corrected chi connectivity index (χ0v) is 26.0. The van der Waals surface area contributed by atoms with Crippen LogP contribution in [0.1, 0.15) is 34.7 Å². The van der Waals surface area contributed by atoms with E-state index < -0.39 is 28.5 Å². The minimum Gasteiger partial charge on any atom is -0.355 e. The van der Waals surface area contributed by atoms with Crippen LogP contribution in [0.25, 0.3) is 0 Å². The van der Waals surface area contributed by atoms with Crippen molar-refractivity contribution < 1.29 is 18.0 Å². The predicted molar refractivity (Wildman–Crippen MR) is 171 cm³/mol. The molecule has 0 aromatic heterocycles. The van der Waals surface area contributed by atoms with Gasteiger partial charge in [0.05, 0.1) is 10.6 Å². The largest absolute Gasteiger partial charge is 0.355 e. The molecular weight excluding hydrogens is 558 g/mol. The number of sulfonamides is 1. The fourth-order valence-corrected chi connectivity index (χ4v) is 6.29. The van der Waals surface area contributed by atoms with Gasteiger partial charge in [-0.05, 0) is 74.2 Å². The van der Waals surface area contributed by atoms with E-state index in [0.717, 1.165) is 32.1 Å². The molecule has 4 aromatic carbocycles. The third kappa shape index (κ3) is 7.90. The molecule has 0 saturated heterocycles. The summed E-state index contributed by atoms with van der Waals surface area (Å²) in [5.74, 6) is -0.777. The standard InChI is InChI=1S/C35H39N3O4S/c1-5-36-35(40)33(23-29-12-8-6-9-13-29)37(24-30-19-16-26(2)17-20-30)34(39)25-38(31-21-18-27(3)28(4)22-31)43(41,42)32-14-10-7-11-15-32/h6-22,33H,5,23-25H2,1-4H3,(H,36,40). The van der Waals surface area contributed by atoms with E-state index >= 15 is 0 Å². The van der Waals surface area contributed by atoms with E-state index in [9.17, 15) is 18.0 Å². The van der Waals surface area contributed by atoms with E-state index in [4.69, 9.17) is 0 Å².